The van der Waals surface area contributed by atoms with Crippen LogP contribution in [0.5, 0.6) is 0 Å². The van der Waals surface area contributed by atoms with Gasteiger partial charge in [0.15, 0.2) is 0 Å². The van der Waals surface area contributed by atoms with Gasteiger partial charge in [-0.05, 0) is 20.0 Å². The molecule has 0 amide bonds. The highest BCUT2D eigenvalue weighted by molar-refractivity contribution is 7.99. The smallest absolute Gasteiger partial charge is 0.253 e. The third-order valence-electron chi connectivity index (χ3n) is 4.56. The second-order valence-corrected chi connectivity index (χ2v) is 7.28. The molecule has 0 saturated carbocycles. The van der Waals surface area contributed by atoms with Gasteiger partial charge in [0.05, 0.1) is 23.2 Å². The Hall–Kier alpha value is -2.77. The van der Waals surface area contributed by atoms with E-state index in [0.717, 1.165) is 49.1 Å². The second-order valence-electron chi connectivity index (χ2n) is 6.34. The van der Waals surface area contributed by atoms with Gasteiger partial charge in [-0.2, -0.15) is 14.8 Å². The number of rotatable bonds is 4. The van der Waals surface area contributed by atoms with Crippen LogP contribution in [0.2, 0.25) is 0 Å². The molecule has 0 spiro atoms. The van der Waals surface area contributed by atoms with E-state index >= 15 is 0 Å². The fourth-order valence-electron chi connectivity index (χ4n) is 2.99. The summed E-state index contributed by atoms with van der Waals surface area (Å²) in [7, 11) is 2.13. The van der Waals surface area contributed by atoms with Crippen LogP contribution in [-0.4, -0.2) is 73.4 Å². The van der Waals surface area contributed by atoms with Crippen molar-refractivity contribution in [2.45, 2.75) is 12.1 Å². The van der Waals surface area contributed by atoms with Gasteiger partial charge in [-0.1, -0.05) is 11.8 Å². The van der Waals surface area contributed by atoms with Gasteiger partial charge >= 0.3 is 0 Å². The van der Waals surface area contributed by atoms with E-state index in [9.17, 15) is 0 Å². The number of hydrogen-bond acceptors (Lipinski definition) is 9. The molecule has 1 fully saturated rings. The van der Waals surface area contributed by atoms with Crippen molar-refractivity contribution in [2.75, 3.05) is 43.9 Å². The van der Waals surface area contributed by atoms with E-state index in [2.05, 4.69) is 43.0 Å². The summed E-state index contributed by atoms with van der Waals surface area (Å²) in [5.74, 6) is 1.57. The number of piperazine rings is 1. The van der Waals surface area contributed by atoms with Crippen LogP contribution < -0.4 is 4.90 Å². The van der Waals surface area contributed by atoms with Gasteiger partial charge < -0.3 is 9.80 Å². The van der Waals surface area contributed by atoms with Crippen molar-refractivity contribution in [3.05, 3.63) is 24.2 Å². The third-order valence-corrected chi connectivity index (χ3v) is 5.26. The first kappa shape index (κ1) is 17.6. The first-order chi connectivity index (χ1) is 13.2. The van der Waals surface area contributed by atoms with Gasteiger partial charge in [-0.25, -0.2) is 15.0 Å². The Bertz CT molecular complexity index is 1000. The van der Waals surface area contributed by atoms with E-state index < -0.39 is 0 Å². The molecule has 0 N–H and O–H groups in total. The zero-order valence-electron chi connectivity index (χ0n) is 15.2. The minimum absolute atomic E-state index is 0.309. The lowest BCUT2D eigenvalue weighted by atomic mass is 10.2. The topological polar surface area (TPSA) is 99.1 Å². The molecule has 0 aliphatic carbocycles. The molecule has 0 radical (unpaired) electrons. The number of nitrogens with zero attached hydrogens (tertiary/aromatic N) is 9. The van der Waals surface area contributed by atoms with Gasteiger partial charge in [0.1, 0.15) is 0 Å². The Morgan fingerprint density at radius 3 is 2.78 bits per heavy atom. The molecule has 3 aromatic heterocycles. The maximum absolute atomic E-state index is 8.73. The van der Waals surface area contributed by atoms with Crippen LogP contribution in [0.4, 0.5) is 5.95 Å². The number of hydrogen-bond donors (Lipinski definition) is 0. The van der Waals surface area contributed by atoms with Crippen molar-refractivity contribution in [2.24, 2.45) is 0 Å². The molecule has 0 bridgehead atoms. The lowest BCUT2D eigenvalue weighted by Crippen LogP contribution is -2.45. The lowest BCUT2D eigenvalue weighted by Gasteiger charge is -2.32. The number of anilines is 1. The number of likely N-dealkylation sites (N-methyl/N-ethyl adjacent to an activating group) is 1. The number of fused-ring (bicyclic) bond motifs is 1. The maximum Gasteiger partial charge on any atom is 0.253 e. The van der Waals surface area contributed by atoms with Crippen LogP contribution >= 0.6 is 11.8 Å². The highest BCUT2D eigenvalue weighted by Crippen LogP contribution is 2.24. The summed E-state index contributed by atoms with van der Waals surface area (Å²) in [6.07, 6.45) is 3.56. The largest absolute Gasteiger partial charge is 0.338 e. The molecular weight excluding hydrogens is 362 g/mol. The third kappa shape index (κ3) is 3.56. The maximum atomic E-state index is 8.73. The summed E-state index contributed by atoms with van der Waals surface area (Å²) in [6, 6.07) is 3.97. The Kier molecular flexibility index (Phi) is 4.87. The molecule has 4 rings (SSSR count). The second kappa shape index (κ2) is 7.46. The molecule has 0 atom stereocenters. The molecule has 10 heteroatoms. The lowest BCUT2D eigenvalue weighted by molar-refractivity contribution is 0.311. The Morgan fingerprint density at radius 2 is 2.00 bits per heavy atom. The summed E-state index contributed by atoms with van der Waals surface area (Å²) in [5.41, 5.74) is 2.61. The van der Waals surface area contributed by atoms with Crippen LogP contribution in [-0.2, 0) is 0 Å². The van der Waals surface area contributed by atoms with Gasteiger partial charge in [-0.3, -0.25) is 0 Å². The van der Waals surface area contributed by atoms with Crippen molar-refractivity contribution in [1.29, 1.82) is 5.26 Å². The van der Waals surface area contributed by atoms with E-state index in [1.807, 2.05) is 13.0 Å². The zero-order valence-corrected chi connectivity index (χ0v) is 16.0. The number of thioether (sulfide) groups is 1. The van der Waals surface area contributed by atoms with Crippen LogP contribution in [0.15, 0.2) is 23.6 Å². The first-order valence-corrected chi connectivity index (χ1v) is 9.63. The fourth-order valence-corrected chi connectivity index (χ4v) is 3.47. The summed E-state index contributed by atoms with van der Waals surface area (Å²) in [4.78, 5) is 22.5. The zero-order chi connectivity index (χ0) is 18.8. The molecule has 3 aromatic rings. The van der Waals surface area contributed by atoms with Crippen LogP contribution in [0.1, 0.15) is 5.69 Å². The van der Waals surface area contributed by atoms with Crippen LogP contribution in [0.25, 0.3) is 17.0 Å². The molecule has 1 saturated heterocycles. The summed E-state index contributed by atoms with van der Waals surface area (Å²) in [6.45, 7) is 5.80. The van der Waals surface area contributed by atoms with E-state index in [1.165, 1.54) is 11.8 Å². The van der Waals surface area contributed by atoms with Gasteiger partial charge in [0, 0.05) is 44.1 Å². The highest BCUT2D eigenvalue weighted by Gasteiger charge is 2.18. The van der Waals surface area contributed by atoms with Crippen molar-refractivity contribution in [3.8, 4) is 17.3 Å². The molecule has 1 aliphatic rings. The average molecular weight is 381 g/mol. The quantitative estimate of drug-likeness (QED) is 0.618. The molecule has 0 unspecified atom stereocenters. The number of aryl methyl sites for hydroxylation is 1. The predicted octanol–water partition coefficient (Wildman–Crippen LogP) is 1.26. The van der Waals surface area contributed by atoms with Crippen LogP contribution in [0, 0.1) is 18.3 Å². The minimum Gasteiger partial charge on any atom is -0.338 e. The summed E-state index contributed by atoms with van der Waals surface area (Å²) in [5, 5.41) is 13.7. The van der Waals surface area contributed by atoms with Gasteiger partial charge in [-0.15, -0.1) is 5.10 Å². The van der Waals surface area contributed by atoms with Crippen molar-refractivity contribution in [3.63, 3.8) is 0 Å². The Labute approximate surface area is 161 Å². The molecule has 0 aromatic carbocycles. The SMILES string of the molecule is Cc1c(-c2ccnc(N3CCN(C)CC3)n2)cnc2nc(SCC#N)nn12. The van der Waals surface area contributed by atoms with E-state index in [1.54, 1.807) is 16.9 Å². The van der Waals surface area contributed by atoms with Gasteiger partial charge in [0.25, 0.3) is 5.78 Å². The molecule has 27 heavy (non-hydrogen) atoms. The summed E-state index contributed by atoms with van der Waals surface area (Å²) < 4.78 is 1.70. The van der Waals surface area contributed by atoms with Crippen molar-refractivity contribution < 1.29 is 0 Å². The standard InChI is InChI=1S/C17H19N9S/c1-12-13(11-20-16-22-17(23-26(12)16)27-10-4-18)14-3-5-19-15(21-14)25-8-6-24(2)7-9-25/h3,5,11H,6-10H2,1-2H3. The minimum atomic E-state index is 0.309. The molecule has 138 valence electrons. The highest BCUT2D eigenvalue weighted by atomic mass is 32.2. The predicted molar refractivity (Wildman–Crippen MR) is 103 cm³/mol. The average Bonchev–Trinajstić information content (AvgIpc) is 3.11. The number of aromatic nitrogens is 6. The molecule has 4 heterocycles. The number of nitriles is 1. The monoisotopic (exact) mass is 381 g/mol. The molecule has 9 nitrogen and oxygen atoms in total. The van der Waals surface area contributed by atoms with Crippen molar-refractivity contribution >= 4 is 23.5 Å². The molecular formula is C17H19N9S. The Morgan fingerprint density at radius 1 is 1.19 bits per heavy atom. The Balaban J connectivity index is 1.67. The van der Waals surface area contributed by atoms with E-state index in [4.69, 9.17) is 10.2 Å². The van der Waals surface area contributed by atoms with Gasteiger partial charge in [0.2, 0.25) is 11.1 Å². The fraction of sp³-hybridized carbons (Fsp3) is 0.412. The van der Waals surface area contributed by atoms with Crippen LogP contribution in [0.3, 0.4) is 0 Å². The molecule has 1 aliphatic heterocycles. The normalized spacial score (nSPS) is 15.2. The van der Waals surface area contributed by atoms with Crippen molar-refractivity contribution in [1.82, 2.24) is 34.4 Å². The summed E-state index contributed by atoms with van der Waals surface area (Å²) >= 11 is 1.30. The van der Waals surface area contributed by atoms with E-state index in [0.29, 0.717) is 16.7 Å². The first-order valence-electron chi connectivity index (χ1n) is 8.65. The van der Waals surface area contributed by atoms with E-state index in [-0.39, 0.29) is 0 Å².